The Kier molecular flexibility index (Phi) is 7.64. The SMILES string of the molecule is C/C=C(/C)C(=O)O[C@@H]1C[C@H]2C([C@H]1C)[C@@H]1OC(=O)[C@@](C)(O)[C@@]1(O)[C@@H](OC(=O)CCC)C[C@]2(C)OC(C)=O. The molecule has 10 nitrogen and oxygen atoms in total. The van der Waals surface area contributed by atoms with Gasteiger partial charge >= 0.3 is 23.9 Å². The predicted molar refractivity (Wildman–Crippen MR) is 125 cm³/mol. The van der Waals surface area contributed by atoms with Crippen LogP contribution in [0.5, 0.6) is 0 Å². The first-order valence-electron chi connectivity index (χ1n) is 12.5. The molecule has 3 fully saturated rings. The molecule has 2 N–H and O–H groups in total. The topological polar surface area (TPSA) is 146 Å². The third-order valence-corrected chi connectivity index (χ3v) is 8.32. The van der Waals surface area contributed by atoms with Gasteiger partial charge in [0.05, 0.1) is 0 Å². The molecule has 1 unspecified atom stereocenters. The third-order valence-electron chi connectivity index (χ3n) is 8.32. The zero-order chi connectivity index (χ0) is 27.2. The molecule has 0 aromatic heterocycles. The van der Waals surface area contributed by atoms with Crippen LogP contribution in [0.1, 0.15) is 74.1 Å². The van der Waals surface area contributed by atoms with Gasteiger partial charge in [0.1, 0.15) is 23.9 Å². The van der Waals surface area contributed by atoms with Crippen molar-refractivity contribution in [3.05, 3.63) is 11.6 Å². The molecule has 36 heavy (non-hydrogen) atoms. The van der Waals surface area contributed by atoms with Gasteiger partial charge in [0.25, 0.3) is 0 Å². The van der Waals surface area contributed by atoms with Crippen molar-refractivity contribution in [2.75, 3.05) is 0 Å². The van der Waals surface area contributed by atoms with Crippen LogP contribution < -0.4 is 0 Å². The van der Waals surface area contributed by atoms with Gasteiger partial charge in [0.2, 0.25) is 0 Å². The van der Waals surface area contributed by atoms with E-state index >= 15 is 0 Å². The first-order valence-corrected chi connectivity index (χ1v) is 12.5. The summed E-state index contributed by atoms with van der Waals surface area (Å²) in [6, 6.07) is 0. The maximum atomic E-state index is 12.8. The molecule has 1 saturated heterocycles. The molecule has 2 aliphatic carbocycles. The number of aliphatic hydroxyl groups is 2. The van der Waals surface area contributed by atoms with Gasteiger partial charge in [-0.1, -0.05) is 19.9 Å². The Morgan fingerprint density at radius 2 is 1.81 bits per heavy atom. The molecule has 0 amide bonds. The summed E-state index contributed by atoms with van der Waals surface area (Å²) in [5.74, 6) is -4.44. The van der Waals surface area contributed by atoms with Crippen LogP contribution in [-0.4, -0.2) is 69.2 Å². The van der Waals surface area contributed by atoms with Gasteiger partial charge in [-0.05, 0) is 40.5 Å². The number of hydrogen-bond acceptors (Lipinski definition) is 10. The minimum atomic E-state index is -2.41. The highest BCUT2D eigenvalue weighted by atomic mass is 16.6. The molecule has 0 radical (unpaired) electrons. The van der Waals surface area contributed by atoms with Crippen molar-refractivity contribution in [3.8, 4) is 0 Å². The average Bonchev–Trinajstić information content (AvgIpc) is 3.16. The van der Waals surface area contributed by atoms with Crippen LogP contribution in [0.15, 0.2) is 11.6 Å². The van der Waals surface area contributed by atoms with Crippen molar-refractivity contribution in [2.24, 2.45) is 17.8 Å². The number of esters is 4. The first kappa shape index (κ1) is 28.1. The Bertz CT molecular complexity index is 954. The number of hydrogen-bond donors (Lipinski definition) is 2. The van der Waals surface area contributed by atoms with Gasteiger partial charge in [-0.25, -0.2) is 9.59 Å². The number of carbonyl (C=O) groups is 4. The molecule has 0 aromatic rings. The second kappa shape index (κ2) is 9.78. The van der Waals surface area contributed by atoms with Gasteiger partial charge in [0.15, 0.2) is 11.2 Å². The van der Waals surface area contributed by atoms with E-state index in [2.05, 4.69) is 0 Å². The molecule has 0 spiro atoms. The van der Waals surface area contributed by atoms with E-state index in [9.17, 15) is 29.4 Å². The van der Waals surface area contributed by atoms with Gasteiger partial charge in [-0.2, -0.15) is 0 Å². The zero-order valence-corrected chi connectivity index (χ0v) is 22.0. The van der Waals surface area contributed by atoms with Gasteiger partial charge in [-0.15, -0.1) is 0 Å². The molecule has 1 heterocycles. The first-order chi connectivity index (χ1) is 16.6. The highest BCUT2D eigenvalue weighted by molar-refractivity contribution is 5.87. The Hall–Kier alpha value is -2.46. The Morgan fingerprint density at radius 1 is 1.17 bits per heavy atom. The molecule has 1 aliphatic heterocycles. The van der Waals surface area contributed by atoms with E-state index in [4.69, 9.17) is 18.9 Å². The molecule has 3 aliphatic rings. The number of ether oxygens (including phenoxy) is 4. The fraction of sp³-hybridized carbons (Fsp3) is 0.769. The van der Waals surface area contributed by atoms with Gasteiger partial charge in [-0.3, -0.25) is 9.59 Å². The van der Waals surface area contributed by atoms with Crippen molar-refractivity contribution in [1.82, 2.24) is 0 Å². The number of carbonyl (C=O) groups excluding carboxylic acids is 4. The molecule has 2 saturated carbocycles. The average molecular weight is 511 g/mol. The fourth-order valence-corrected chi connectivity index (χ4v) is 6.19. The van der Waals surface area contributed by atoms with E-state index in [-0.39, 0.29) is 19.3 Å². The Labute approximate surface area is 211 Å². The highest BCUT2D eigenvalue weighted by Crippen LogP contribution is 2.58. The largest absolute Gasteiger partial charge is 0.459 e. The van der Waals surface area contributed by atoms with E-state index < -0.39 is 76.7 Å². The fourth-order valence-electron chi connectivity index (χ4n) is 6.19. The summed E-state index contributed by atoms with van der Waals surface area (Å²) < 4.78 is 22.9. The number of fused-ring (bicyclic) bond motifs is 3. The zero-order valence-electron chi connectivity index (χ0n) is 22.0. The van der Waals surface area contributed by atoms with Crippen molar-refractivity contribution >= 4 is 23.9 Å². The summed E-state index contributed by atoms with van der Waals surface area (Å²) in [7, 11) is 0. The molecule has 3 rings (SSSR count). The van der Waals surface area contributed by atoms with E-state index in [1.807, 2.05) is 0 Å². The lowest BCUT2D eigenvalue weighted by atomic mass is 9.72. The summed E-state index contributed by atoms with van der Waals surface area (Å²) in [6.07, 6.45) is -1.10. The minimum absolute atomic E-state index is 0.0596. The summed E-state index contributed by atoms with van der Waals surface area (Å²) in [4.78, 5) is 50.1. The molecule has 0 bridgehead atoms. The van der Waals surface area contributed by atoms with Gasteiger partial charge < -0.3 is 29.2 Å². The predicted octanol–water partition coefficient (Wildman–Crippen LogP) is 1.98. The standard InChI is InChI=1S/C26H38O10/c1-8-10-19(28)34-18-12-24(6,36-15(5)27)16-11-17(33-22(29)13(3)9-2)14(4)20(16)21-26(18,32)25(7,31)23(30)35-21/h9,14,16-18,20-21,31-32H,8,10-12H2,1-7H3/b13-9-/t14-,16-,17+,18-,20?,21-,24-,25+,26+/m0/s1. The van der Waals surface area contributed by atoms with Crippen molar-refractivity contribution in [3.63, 3.8) is 0 Å². The van der Waals surface area contributed by atoms with Crippen LogP contribution in [0.4, 0.5) is 0 Å². The smallest absolute Gasteiger partial charge is 0.341 e. The normalized spacial score (nSPS) is 42.0. The van der Waals surface area contributed by atoms with Crippen LogP contribution in [0.25, 0.3) is 0 Å². The minimum Gasteiger partial charge on any atom is -0.459 e. The van der Waals surface area contributed by atoms with Crippen molar-refractivity contribution in [1.29, 1.82) is 0 Å². The maximum Gasteiger partial charge on any atom is 0.341 e. The van der Waals surface area contributed by atoms with Crippen molar-refractivity contribution in [2.45, 2.75) is 109 Å². The van der Waals surface area contributed by atoms with Crippen LogP contribution in [0, 0.1) is 17.8 Å². The summed E-state index contributed by atoms with van der Waals surface area (Å²) >= 11 is 0. The number of allylic oxidation sites excluding steroid dienone is 1. The monoisotopic (exact) mass is 510 g/mol. The summed E-state index contributed by atoms with van der Waals surface area (Å²) in [6.45, 7) is 11.0. The quantitative estimate of drug-likeness (QED) is 0.309. The van der Waals surface area contributed by atoms with Crippen LogP contribution in [0.3, 0.4) is 0 Å². The molecular formula is C26H38O10. The second-order valence-electron chi connectivity index (χ2n) is 10.8. The lowest BCUT2D eigenvalue weighted by Gasteiger charge is -2.41. The third kappa shape index (κ3) is 4.42. The van der Waals surface area contributed by atoms with Crippen LogP contribution in [0.2, 0.25) is 0 Å². The highest BCUT2D eigenvalue weighted by Gasteiger charge is 2.76. The second-order valence-corrected chi connectivity index (χ2v) is 10.8. The van der Waals surface area contributed by atoms with E-state index in [0.29, 0.717) is 12.0 Å². The Balaban J connectivity index is 2.13. The molecular weight excluding hydrogens is 472 g/mol. The number of rotatable bonds is 6. The lowest BCUT2D eigenvalue weighted by molar-refractivity contribution is -0.214. The summed E-state index contributed by atoms with van der Waals surface area (Å²) in [5, 5.41) is 23.3. The van der Waals surface area contributed by atoms with Gasteiger partial charge in [0, 0.05) is 43.1 Å². The molecule has 9 atom stereocenters. The molecule has 0 aromatic carbocycles. The summed E-state index contributed by atoms with van der Waals surface area (Å²) in [5.41, 5.74) is -5.61. The van der Waals surface area contributed by atoms with Crippen LogP contribution >= 0.6 is 0 Å². The lowest BCUT2D eigenvalue weighted by Crippen LogP contribution is -2.65. The molecule has 202 valence electrons. The van der Waals surface area contributed by atoms with Crippen molar-refractivity contribution < 1.29 is 48.3 Å². The van der Waals surface area contributed by atoms with E-state index in [1.165, 1.54) is 6.92 Å². The van der Waals surface area contributed by atoms with E-state index in [1.54, 1.807) is 40.7 Å². The molecule has 10 heteroatoms. The maximum absolute atomic E-state index is 12.8. The van der Waals surface area contributed by atoms with Crippen LogP contribution in [-0.2, 0) is 38.1 Å². The Morgan fingerprint density at radius 3 is 2.36 bits per heavy atom. The van der Waals surface area contributed by atoms with E-state index in [0.717, 1.165) is 6.92 Å².